The molecule has 0 aliphatic rings. The Balaban J connectivity index is 2.40. The van der Waals surface area contributed by atoms with E-state index in [1.807, 2.05) is 30.8 Å². The van der Waals surface area contributed by atoms with Crippen LogP contribution in [0.5, 0.6) is 5.75 Å². The predicted molar refractivity (Wildman–Crippen MR) is 90.1 cm³/mol. The van der Waals surface area contributed by atoms with Crippen LogP contribution in [0.2, 0.25) is 0 Å². The highest BCUT2D eigenvalue weighted by atomic mass is 19.1. The Kier molecular flexibility index (Phi) is 3.63. The van der Waals surface area contributed by atoms with E-state index in [9.17, 15) is 9.50 Å². The highest BCUT2D eigenvalue weighted by Gasteiger charge is 2.24. The van der Waals surface area contributed by atoms with Crippen molar-refractivity contribution in [2.45, 2.75) is 13.8 Å². The lowest BCUT2D eigenvalue weighted by atomic mass is 10.1. The molecule has 24 heavy (non-hydrogen) atoms. The molecule has 6 nitrogen and oxygen atoms in total. The molecular weight excluding hydrogens is 309 g/mol. The lowest BCUT2D eigenvalue weighted by molar-refractivity contribution is 0.468. The molecule has 3 rings (SSSR count). The number of phenolic OH excluding ortho intramolecular Hbond substituents is 1. The van der Waals surface area contributed by atoms with Crippen molar-refractivity contribution < 1.29 is 9.50 Å². The lowest BCUT2D eigenvalue weighted by Crippen LogP contribution is -2.14. The maximum Gasteiger partial charge on any atom is 0.152 e. The Morgan fingerprint density at radius 2 is 1.96 bits per heavy atom. The van der Waals surface area contributed by atoms with Crippen LogP contribution in [0.15, 0.2) is 30.5 Å². The summed E-state index contributed by atoms with van der Waals surface area (Å²) >= 11 is 0. The van der Waals surface area contributed by atoms with E-state index in [-0.39, 0.29) is 17.3 Å². The van der Waals surface area contributed by atoms with Gasteiger partial charge in [-0.1, -0.05) is 0 Å². The molecule has 3 aromatic rings. The van der Waals surface area contributed by atoms with Crippen molar-refractivity contribution in [1.82, 2.24) is 14.3 Å². The van der Waals surface area contributed by atoms with Crippen LogP contribution in [0.1, 0.15) is 16.8 Å². The molecule has 0 atom stereocenters. The molecule has 2 heterocycles. The first kappa shape index (κ1) is 15.8. The number of hydrogen-bond acceptors (Lipinski definition) is 3. The van der Waals surface area contributed by atoms with E-state index in [2.05, 4.69) is 5.10 Å². The molecule has 0 saturated heterocycles. The Labute approximate surface area is 138 Å². The van der Waals surface area contributed by atoms with Crippen LogP contribution in [-0.2, 0) is 7.05 Å². The summed E-state index contributed by atoms with van der Waals surface area (Å²) in [6.07, 6.45) is 1.88. The quantitative estimate of drug-likeness (QED) is 0.510. The fraction of sp³-hybridized carbons (Fsp3) is 0.176. The number of benzene rings is 1. The second-order valence-corrected chi connectivity index (χ2v) is 5.73. The average Bonchev–Trinajstić information content (AvgIpc) is 2.98. The molecule has 4 N–H and O–H groups in total. The normalized spacial score (nSPS) is 11.0. The molecule has 0 radical (unpaired) electrons. The van der Waals surface area contributed by atoms with Crippen molar-refractivity contribution >= 4 is 5.84 Å². The number of amidine groups is 1. The van der Waals surface area contributed by atoms with Crippen molar-refractivity contribution in [2.24, 2.45) is 12.8 Å². The van der Waals surface area contributed by atoms with Gasteiger partial charge in [0.05, 0.1) is 17.0 Å². The van der Waals surface area contributed by atoms with E-state index in [0.717, 1.165) is 17.3 Å². The summed E-state index contributed by atoms with van der Waals surface area (Å²) in [5.74, 6) is -0.905. The van der Waals surface area contributed by atoms with Crippen molar-refractivity contribution in [1.29, 1.82) is 5.41 Å². The Morgan fingerprint density at radius 3 is 2.50 bits per heavy atom. The van der Waals surface area contributed by atoms with Gasteiger partial charge < -0.3 is 15.4 Å². The Bertz CT molecular complexity index is 935. The number of hydrogen-bond donors (Lipinski definition) is 3. The van der Waals surface area contributed by atoms with Crippen molar-refractivity contribution in [3.63, 3.8) is 0 Å². The van der Waals surface area contributed by atoms with Crippen LogP contribution in [0.4, 0.5) is 4.39 Å². The summed E-state index contributed by atoms with van der Waals surface area (Å²) in [7, 11) is 1.87. The van der Waals surface area contributed by atoms with Crippen LogP contribution in [-0.4, -0.2) is 25.3 Å². The third kappa shape index (κ3) is 2.34. The van der Waals surface area contributed by atoms with E-state index in [1.165, 1.54) is 16.8 Å². The van der Waals surface area contributed by atoms with Gasteiger partial charge in [0.1, 0.15) is 23.0 Å². The molecule has 0 amide bonds. The monoisotopic (exact) mass is 327 g/mol. The molecule has 0 aliphatic heterocycles. The largest absolute Gasteiger partial charge is 0.508 e. The number of phenols is 1. The van der Waals surface area contributed by atoms with Gasteiger partial charge in [0, 0.05) is 19.3 Å². The molecule has 0 bridgehead atoms. The molecule has 0 spiro atoms. The first-order chi connectivity index (χ1) is 11.3. The van der Waals surface area contributed by atoms with Gasteiger partial charge in [-0.2, -0.15) is 5.10 Å². The van der Waals surface area contributed by atoms with Crippen LogP contribution in [0.25, 0.3) is 17.1 Å². The Morgan fingerprint density at radius 1 is 1.25 bits per heavy atom. The summed E-state index contributed by atoms with van der Waals surface area (Å²) in [6, 6.07) is 5.80. The summed E-state index contributed by atoms with van der Waals surface area (Å²) in [5, 5.41) is 21.7. The number of nitrogens with two attached hydrogens (primary N) is 1. The minimum absolute atomic E-state index is 0.131. The van der Waals surface area contributed by atoms with Gasteiger partial charge in [-0.3, -0.25) is 5.41 Å². The summed E-state index contributed by atoms with van der Waals surface area (Å²) in [6.45, 7) is 3.66. The zero-order valence-electron chi connectivity index (χ0n) is 13.6. The molecule has 124 valence electrons. The van der Waals surface area contributed by atoms with Gasteiger partial charge in [0.15, 0.2) is 5.82 Å². The van der Waals surface area contributed by atoms with E-state index >= 15 is 0 Å². The van der Waals surface area contributed by atoms with Gasteiger partial charge in [-0.15, -0.1) is 0 Å². The van der Waals surface area contributed by atoms with Gasteiger partial charge in [-0.05, 0) is 37.6 Å². The number of aromatic nitrogens is 3. The molecule has 0 unspecified atom stereocenters. The number of nitrogen functional groups attached to an aromatic ring is 1. The highest BCUT2D eigenvalue weighted by molar-refractivity contribution is 6.02. The van der Waals surface area contributed by atoms with E-state index in [4.69, 9.17) is 11.1 Å². The maximum atomic E-state index is 14.4. The van der Waals surface area contributed by atoms with Gasteiger partial charge >= 0.3 is 0 Å². The molecular formula is C17H18FN5O. The highest BCUT2D eigenvalue weighted by Crippen LogP contribution is 2.32. The summed E-state index contributed by atoms with van der Waals surface area (Å²) in [5.41, 5.74) is 9.25. The fourth-order valence-electron chi connectivity index (χ4n) is 2.92. The lowest BCUT2D eigenvalue weighted by Gasteiger charge is -2.13. The first-order valence-electron chi connectivity index (χ1n) is 7.36. The summed E-state index contributed by atoms with van der Waals surface area (Å²) in [4.78, 5) is 0. The zero-order valence-corrected chi connectivity index (χ0v) is 13.6. The fourth-order valence-corrected chi connectivity index (χ4v) is 2.92. The number of aryl methyl sites for hydroxylation is 3. The third-order valence-electron chi connectivity index (χ3n) is 3.99. The maximum absolute atomic E-state index is 14.4. The van der Waals surface area contributed by atoms with Crippen LogP contribution < -0.4 is 5.73 Å². The SMILES string of the molecule is Cc1ccn(C)c1-c1c(C(=N)N)c(C)nn1-c1ccc(O)cc1F. The second kappa shape index (κ2) is 5.52. The smallest absolute Gasteiger partial charge is 0.152 e. The number of nitrogens with one attached hydrogen (secondary N) is 1. The predicted octanol–water partition coefficient (Wildman–Crippen LogP) is 2.62. The van der Waals surface area contributed by atoms with Crippen LogP contribution in [0.3, 0.4) is 0 Å². The molecule has 0 saturated carbocycles. The minimum atomic E-state index is -0.610. The van der Waals surface area contributed by atoms with Gasteiger partial charge in [0.25, 0.3) is 0 Å². The zero-order chi connectivity index (χ0) is 17.6. The number of aromatic hydroxyl groups is 1. The molecule has 1 aromatic carbocycles. The second-order valence-electron chi connectivity index (χ2n) is 5.73. The van der Waals surface area contributed by atoms with Crippen molar-refractivity contribution in [3.8, 4) is 22.8 Å². The third-order valence-corrected chi connectivity index (χ3v) is 3.99. The first-order valence-corrected chi connectivity index (χ1v) is 7.36. The molecule has 2 aromatic heterocycles. The van der Waals surface area contributed by atoms with E-state index in [0.29, 0.717) is 17.0 Å². The van der Waals surface area contributed by atoms with E-state index < -0.39 is 5.82 Å². The van der Waals surface area contributed by atoms with Gasteiger partial charge in [0.2, 0.25) is 0 Å². The van der Waals surface area contributed by atoms with Crippen LogP contribution >= 0.6 is 0 Å². The number of rotatable bonds is 3. The Hall–Kier alpha value is -3.09. The van der Waals surface area contributed by atoms with Crippen LogP contribution in [0, 0.1) is 25.1 Å². The minimum Gasteiger partial charge on any atom is -0.508 e. The molecule has 0 aliphatic carbocycles. The summed E-state index contributed by atoms with van der Waals surface area (Å²) < 4.78 is 17.7. The number of halogens is 1. The topological polar surface area (TPSA) is 92.9 Å². The van der Waals surface area contributed by atoms with Crippen molar-refractivity contribution in [3.05, 3.63) is 53.1 Å². The van der Waals surface area contributed by atoms with Gasteiger partial charge in [-0.25, -0.2) is 9.07 Å². The average molecular weight is 327 g/mol. The standard InChI is InChI=1S/C17H18FN5O/c1-9-6-7-22(3)15(9)16-14(17(19)20)10(2)21-23(16)13-5-4-11(24)8-12(13)18/h4-8,24H,1-3H3,(H3,19,20). The number of nitrogens with zero attached hydrogens (tertiary/aromatic N) is 3. The van der Waals surface area contributed by atoms with Crippen molar-refractivity contribution in [2.75, 3.05) is 0 Å². The van der Waals surface area contributed by atoms with E-state index in [1.54, 1.807) is 6.92 Å². The molecule has 0 fully saturated rings. The molecule has 7 heteroatoms.